The molecule has 0 atom stereocenters. The Hall–Kier alpha value is -0.570. The van der Waals surface area contributed by atoms with Gasteiger partial charge in [-0.2, -0.15) is 0 Å². The summed E-state index contributed by atoms with van der Waals surface area (Å²) < 4.78 is 5.20. The maximum absolute atomic E-state index is 10.7. The number of carbonyl (C=O) groups excluding carboxylic acids is 1. The highest BCUT2D eigenvalue weighted by Gasteiger charge is 2.24. The molecule has 0 aromatic rings. The van der Waals surface area contributed by atoms with Crippen molar-refractivity contribution >= 4 is 5.91 Å². The van der Waals surface area contributed by atoms with E-state index in [2.05, 4.69) is 5.32 Å². The molecule has 0 unspecified atom stereocenters. The summed E-state index contributed by atoms with van der Waals surface area (Å²) in [6, 6.07) is 0. The summed E-state index contributed by atoms with van der Waals surface area (Å²) in [7, 11) is 0. The summed E-state index contributed by atoms with van der Waals surface area (Å²) in [5.74, 6) is 0.0752. The Kier molecular flexibility index (Phi) is 1.45. The molecule has 1 heterocycles. The van der Waals surface area contributed by atoms with Gasteiger partial charge in [-0.05, 0) is 13.8 Å². The summed E-state index contributed by atoms with van der Waals surface area (Å²) >= 11 is 0. The van der Waals surface area contributed by atoms with Crippen LogP contribution in [0.15, 0.2) is 0 Å². The zero-order valence-electron chi connectivity index (χ0n) is 5.73. The molecule has 3 heteroatoms. The average molecular weight is 129 g/mol. The molecule has 9 heavy (non-hydrogen) atoms. The molecule has 1 fully saturated rings. The molecular weight excluding hydrogens is 118 g/mol. The van der Waals surface area contributed by atoms with Crippen molar-refractivity contribution in [1.82, 2.24) is 5.32 Å². The van der Waals surface area contributed by atoms with E-state index < -0.39 is 5.72 Å². The smallest absolute Gasteiger partial charge is 0.224 e. The van der Waals surface area contributed by atoms with Crippen LogP contribution in [0.4, 0.5) is 0 Å². The molecule has 0 radical (unpaired) electrons. The van der Waals surface area contributed by atoms with Crippen molar-refractivity contribution in [1.29, 1.82) is 0 Å². The summed E-state index contributed by atoms with van der Waals surface area (Å²) in [5.41, 5.74) is -0.449. The van der Waals surface area contributed by atoms with E-state index in [4.69, 9.17) is 4.74 Å². The fraction of sp³-hybridized carbons (Fsp3) is 0.833. The number of carbonyl (C=O) groups is 1. The van der Waals surface area contributed by atoms with E-state index in [9.17, 15) is 4.79 Å². The van der Waals surface area contributed by atoms with E-state index in [0.717, 1.165) is 0 Å². The molecule has 0 spiro atoms. The van der Waals surface area contributed by atoms with Crippen molar-refractivity contribution in [2.24, 2.45) is 0 Å². The molecule has 1 aliphatic heterocycles. The first-order chi connectivity index (χ1) is 4.10. The van der Waals surface area contributed by atoms with E-state index in [1.54, 1.807) is 0 Å². The van der Waals surface area contributed by atoms with Gasteiger partial charge in [-0.1, -0.05) is 0 Å². The van der Waals surface area contributed by atoms with E-state index >= 15 is 0 Å². The molecule has 0 saturated carbocycles. The Morgan fingerprint density at radius 1 is 1.67 bits per heavy atom. The quantitative estimate of drug-likeness (QED) is 0.509. The highest BCUT2D eigenvalue weighted by Crippen LogP contribution is 2.09. The van der Waals surface area contributed by atoms with Gasteiger partial charge in [0.25, 0.3) is 0 Å². The van der Waals surface area contributed by atoms with Crippen LogP contribution in [-0.2, 0) is 9.53 Å². The van der Waals surface area contributed by atoms with Crippen LogP contribution in [0.25, 0.3) is 0 Å². The zero-order chi connectivity index (χ0) is 6.91. The van der Waals surface area contributed by atoms with E-state index in [1.807, 2.05) is 13.8 Å². The lowest BCUT2D eigenvalue weighted by Gasteiger charge is -2.30. The molecule has 0 aromatic heterocycles. The molecule has 52 valence electrons. The molecule has 0 aromatic carbocycles. The van der Waals surface area contributed by atoms with Gasteiger partial charge >= 0.3 is 0 Å². The topological polar surface area (TPSA) is 38.3 Å². The fourth-order valence-electron chi connectivity index (χ4n) is 0.833. The van der Waals surface area contributed by atoms with Crippen LogP contribution in [0.3, 0.4) is 0 Å². The Morgan fingerprint density at radius 3 is 2.67 bits per heavy atom. The maximum Gasteiger partial charge on any atom is 0.224 e. The SMILES string of the molecule is CC1(C)NC(=O)CCO1. The minimum atomic E-state index is -0.449. The lowest BCUT2D eigenvalue weighted by atomic mass is 10.2. The summed E-state index contributed by atoms with van der Waals surface area (Å²) in [5, 5.41) is 2.69. The molecule has 3 nitrogen and oxygen atoms in total. The molecule has 1 amide bonds. The van der Waals surface area contributed by atoms with Gasteiger partial charge in [0.1, 0.15) is 5.72 Å². The third-order valence-electron chi connectivity index (χ3n) is 1.23. The first-order valence-electron chi connectivity index (χ1n) is 3.05. The number of nitrogens with one attached hydrogen (secondary N) is 1. The van der Waals surface area contributed by atoms with Crippen molar-refractivity contribution < 1.29 is 9.53 Å². The van der Waals surface area contributed by atoms with Crippen LogP contribution in [-0.4, -0.2) is 18.2 Å². The Labute approximate surface area is 54.4 Å². The normalized spacial score (nSPS) is 25.3. The number of hydrogen-bond acceptors (Lipinski definition) is 2. The number of hydrogen-bond donors (Lipinski definition) is 1. The third kappa shape index (κ3) is 1.68. The van der Waals surface area contributed by atoms with E-state index in [0.29, 0.717) is 13.0 Å². The van der Waals surface area contributed by atoms with Gasteiger partial charge in [-0.3, -0.25) is 4.79 Å². The first kappa shape index (κ1) is 6.55. The van der Waals surface area contributed by atoms with Gasteiger partial charge in [-0.15, -0.1) is 0 Å². The molecular formula is C6H11NO2. The lowest BCUT2D eigenvalue weighted by Crippen LogP contribution is -2.50. The van der Waals surface area contributed by atoms with Gasteiger partial charge < -0.3 is 10.1 Å². The lowest BCUT2D eigenvalue weighted by molar-refractivity contribution is -0.143. The number of ether oxygens (including phenoxy) is 1. The second-order valence-electron chi connectivity index (χ2n) is 2.66. The molecule has 1 N–H and O–H groups in total. The van der Waals surface area contributed by atoms with Crippen molar-refractivity contribution in [3.05, 3.63) is 0 Å². The zero-order valence-corrected chi connectivity index (χ0v) is 5.73. The standard InChI is InChI=1S/C6H11NO2/c1-6(2)7-5(8)3-4-9-6/h3-4H2,1-2H3,(H,7,8). The molecule has 1 saturated heterocycles. The third-order valence-corrected chi connectivity index (χ3v) is 1.23. The first-order valence-corrected chi connectivity index (χ1v) is 3.05. The molecule has 0 aliphatic carbocycles. The fourth-order valence-corrected chi connectivity index (χ4v) is 0.833. The number of rotatable bonds is 0. The second kappa shape index (κ2) is 1.99. The van der Waals surface area contributed by atoms with Crippen molar-refractivity contribution in [2.75, 3.05) is 6.61 Å². The average Bonchev–Trinajstić information content (AvgIpc) is 1.60. The van der Waals surface area contributed by atoms with Crippen LogP contribution in [0, 0.1) is 0 Å². The monoisotopic (exact) mass is 129 g/mol. The van der Waals surface area contributed by atoms with Crippen LogP contribution in [0.5, 0.6) is 0 Å². The summed E-state index contributed by atoms with van der Waals surface area (Å²) in [6.07, 6.45) is 0.490. The van der Waals surface area contributed by atoms with Crippen molar-refractivity contribution in [3.8, 4) is 0 Å². The minimum Gasteiger partial charge on any atom is -0.356 e. The van der Waals surface area contributed by atoms with Gasteiger partial charge in [0, 0.05) is 0 Å². The second-order valence-corrected chi connectivity index (χ2v) is 2.66. The summed E-state index contributed by atoms with van der Waals surface area (Å²) in [6.45, 7) is 4.22. The van der Waals surface area contributed by atoms with E-state index in [1.165, 1.54) is 0 Å². The highest BCUT2D eigenvalue weighted by molar-refractivity contribution is 5.77. The van der Waals surface area contributed by atoms with E-state index in [-0.39, 0.29) is 5.91 Å². The predicted molar refractivity (Wildman–Crippen MR) is 32.8 cm³/mol. The van der Waals surface area contributed by atoms with Crippen LogP contribution >= 0.6 is 0 Å². The van der Waals surface area contributed by atoms with Gasteiger partial charge in [0.15, 0.2) is 0 Å². The minimum absolute atomic E-state index is 0.0752. The highest BCUT2D eigenvalue weighted by atomic mass is 16.5. The van der Waals surface area contributed by atoms with Crippen LogP contribution < -0.4 is 5.32 Å². The van der Waals surface area contributed by atoms with Crippen LogP contribution in [0.2, 0.25) is 0 Å². The van der Waals surface area contributed by atoms with Crippen LogP contribution in [0.1, 0.15) is 20.3 Å². The molecule has 0 bridgehead atoms. The number of amides is 1. The Balaban J connectivity index is 2.51. The maximum atomic E-state index is 10.7. The molecule has 1 aliphatic rings. The Morgan fingerprint density at radius 2 is 2.33 bits per heavy atom. The predicted octanol–water partition coefficient (Wildman–Crippen LogP) is 0.259. The van der Waals surface area contributed by atoms with Gasteiger partial charge in [-0.25, -0.2) is 0 Å². The van der Waals surface area contributed by atoms with Gasteiger partial charge in [0.05, 0.1) is 13.0 Å². The Bertz CT molecular complexity index is 131. The largest absolute Gasteiger partial charge is 0.356 e. The van der Waals surface area contributed by atoms with Gasteiger partial charge in [0.2, 0.25) is 5.91 Å². The molecule has 1 rings (SSSR count). The van der Waals surface area contributed by atoms with Crippen molar-refractivity contribution in [3.63, 3.8) is 0 Å². The van der Waals surface area contributed by atoms with Crippen molar-refractivity contribution in [2.45, 2.75) is 26.0 Å². The summed E-state index contributed by atoms with van der Waals surface area (Å²) in [4.78, 5) is 10.7.